The monoisotopic (exact) mass is 214 g/mol. The first-order chi connectivity index (χ1) is 7.69. The van der Waals surface area contributed by atoms with Crippen LogP contribution in [0.15, 0.2) is 28.7 Å². The Morgan fingerprint density at radius 3 is 3.06 bits per heavy atom. The van der Waals surface area contributed by atoms with Crippen LogP contribution in [0.25, 0.3) is 11.0 Å². The predicted molar refractivity (Wildman–Crippen MR) is 59.8 cm³/mol. The van der Waals surface area contributed by atoms with Crippen molar-refractivity contribution in [1.29, 1.82) is 5.26 Å². The summed E-state index contributed by atoms with van der Waals surface area (Å²) in [7, 11) is 0. The highest BCUT2D eigenvalue weighted by atomic mass is 16.3. The molecule has 16 heavy (non-hydrogen) atoms. The fourth-order valence-corrected chi connectivity index (χ4v) is 1.53. The summed E-state index contributed by atoms with van der Waals surface area (Å²) in [4.78, 5) is 11.2. The lowest BCUT2D eigenvalue weighted by molar-refractivity contribution is -0.115. The molecule has 1 heterocycles. The van der Waals surface area contributed by atoms with Gasteiger partial charge in [-0.25, -0.2) is 0 Å². The third kappa shape index (κ3) is 2.04. The number of aryl methyl sites for hydroxylation is 1. The molecule has 4 nitrogen and oxygen atoms in total. The number of fused-ring (bicyclic) bond motifs is 1. The Hall–Kier alpha value is -2.28. The lowest BCUT2D eigenvalue weighted by Gasteiger charge is -2.01. The van der Waals surface area contributed by atoms with E-state index in [0.717, 1.165) is 16.7 Å². The number of nitriles is 1. The van der Waals surface area contributed by atoms with E-state index < -0.39 is 0 Å². The number of rotatable bonds is 2. The molecule has 0 fully saturated rings. The highest BCUT2D eigenvalue weighted by Gasteiger charge is 2.04. The Labute approximate surface area is 92.5 Å². The van der Waals surface area contributed by atoms with Crippen molar-refractivity contribution in [3.8, 4) is 6.07 Å². The number of nitrogens with zero attached hydrogens (tertiary/aromatic N) is 1. The number of amides is 1. The van der Waals surface area contributed by atoms with Crippen LogP contribution < -0.4 is 5.32 Å². The highest BCUT2D eigenvalue weighted by molar-refractivity contribution is 5.94. The second-order valence-corrected chi connectivity index (χ2v) is 3.49. The summed E-state index contributed by atoms with van der Waals surface area (Å²) >= 11 is 0. The molecule has 0 bridgehead atoms. The van der Waals surface area contributed by atoms with Gasteiger partial charge in [-0.2, -0.15) is 5.26 Å². The summed E-state index contributed by atoms with van der Waals surface area (Å²) in [6, 6.07) is 9.06. The third-order valence-electron chi connectivity index (χ3n) is 2.16. The zero-order valence-corrected chi connectivity index (χ0v) is 8.78. The fourth-order valence-electron chi connectivity index (χ4n) is 1.53. The summed E-state index contributed by atoms with van der Waals surface area (Å²) in [5.74, 6) is 0.526. The minimum Gasteiger partial charge on any atom is -0.461 e. The van der Waals surface area contributed by atoms with E-state index >= 15 is 0 Å². The van der Waals surface area contributed by atoms with Gasteiger partial charge in [0.2, 0.25) is 5.91 Å². The third-order valence-corrected chi connectivity index (χ3v) is 2.16. The van der Waals surface area contributed by atoms with E-state index in [9.17, 15) is 4.79 Å². The molecule has 0 unspecified atom stereocenters. The molecule has 1 amide bonds. The SMILES string of the molecule is Cc1cc2cc(NC(=O)CC#N)ccc2o1. The lowest BCUT2D eigenvalue weighted by atomic mass is 10.2. The number of carbonyl (C=O) groups excluding carboxylic acids is 1. The van der Waals surface area contributed by atoms with Crippen LogP contribution in [-0.2, 0) is 4.79 Å². The van der Waals surface area contributed by atoms with E-state index in [2.05, 4.69) is 5.32 Å². The molecule has 0 aliphatic heterocycles. The molecular formula is C12H10N2O2. The molecule has 2 aromatic rings. The average molecular weight is 214 g/mol. The number of anilines is 1. The van der Waals surface area contributed by atoms with Crippen molar-refractivity contribution in [3.05, 3.63) is 30.0 Å². The van der Waals surface area contributed by atoms with Gasteiger partial charge in [-0.05, 0) is 31.2 Å². The van der Waals surface area contributed by atoms with Crippen LogP contribution in [0, 0.1) is 18.3 Å². The zero-order chi connectivity index (χ0) is 11.5. The summed E-state index contributed by atoms with van der Waals surface area (Å²) in [6.45, 7) is 1.87. The Morgan fingerprint density at radius 2 is 2.31 bits per heavy atom. The molecular weight excluding hydrogens is 204 g/mol. The maximum atomic E-state index is 11.2. The second-order valence-electron chi connectivity index (χ2n) is 3.49. The minimum absolute atomic E-state index is 0.136. The van der Waals surface area contributed by atoms with Crippen molar-refractivity contribution in [2.45, 2.75) is 13.3 Å². The number of hydrogen-bond acceptors (Lipinski definition) is 3. The van der Waals surface area contributed by atoms with Crippen molar-refractivity contribution in [2.24, 2.45) is 0 Å². The molecule has 0 saturated heterocycles. The van der Waals surface area contributed by atoms with Crippen molar-refractivity contribution in [2.75, 3.05) is 5.32 Å². The van der Waals surface area contributed by atoms with E-state index in [1.807, 2.05) is 19.1 Å². The van der Waals surface area contributed by atoms with Crippen LogP contribution in [0.2, 0.25) is 0 Å². The van der Waals surface area contributed by atoms with Crippen LogP contribution in [0.1, 0.15) is 12.2 Å². The van der Waals surface area contributed by atoms with Gasteiger partial charge in [-0.1, -0.05) is 0 Å². The van der Waals surface area contributed by atoms with Gasteiger partial charge in [0.25, 0.3) is 0 Å². The topological polar surface area (TPSA) is 66.0 Å². The van der Waals surface area contributed by atoms with E-state index in [4.69, 9.17) is 9.68 Å². The number of hydrogen-bond donors (Lipinski definition) is 1. The van der Waals surface area contributed by atoms with Gasteiger partial charge in [0.05, 0.1) is 6.07 Å². The Bertz CT molecular complexity index is 578. The molecule has 0 radical (unpaired) electrons. The van der Waals surface area contributed by atoms with Crippen LogP contribution in [0.3, 0.4) is 0 Å². The van der Waals surface area contributed by atoms with E-state index in [0.29, 0.717) is 5.69 Å². The number of carbonyl (C=O) groups is 1. The van der Waals surface area contributed by atoms with Crippen LogP contribution in [0.4, 0.5) is 5.69 Å². The highest BCUT2D eigenvalue weighted by Crippen LogP contribution is 2.22. The van der Waals surface area contributed by atoms with Crippen LogP contribution >= 0.6 is 0 Å². The first-order valence-electron chi connectivity index (χ1n) is 4.86. The quantitative estimate of drug-likeness (QED) is 0.835. The van der Waals surface area contributed by atoms with Crippen molar-refractivity contribution >= 4 is 22.6 Å². The zero-order valence-electron chi connectivity index (χ0n) is 8.78. The summed E-state index contributed by atoms with van der Waals surface area (Å²) in [5, 5.41) is 11.9. The maximum Gasteiger partial charge on any atom is 0.238 e. The summed E-state index contributed by atoms with van der Waals surface area (Å²) in [5.41, 5.74) is 1.46. The first-order valence-corrected chi connectivity index (χ1v) is 4.86. The van der Waals surface area contributed by atoms with E-state index in [1.54, 1.807) is 18.2 Å². The first kappa shape index (κ1) is 10.2. The smallest absolute Gasteiger partial charge is 0.238 e. The molecule has 0 aliphatic carbocycles. The number of furan rings is 1. The number of nitrogens with one attached hydrogen (secondary N) is 1. The molecule has 0 saturated carbocycles. The predicted octanol–water partition coefficient (Wildman–Crippen LogP) is 2.59. The van der Waals surface area contributed by atoms with Gasteiger partial charge in [0.15, 0.2) is 0 Å². The van der Waals surface area contributed by atoms with Crippen molar-refractivity contribution < 1.29 is 9.21 Å². The van der Waals surface area contributed by atoms with Crippen LogP contribution in [-0.4, -0.2) is 5.91 Å². The van der Waals surface area contributed by atoms with Gasteiger partial charge < -0.3 is 9.73 Å². The largest absolute Gasteiger partial charge is 0.461 e. The van der Waals surface area contributed by atoms with Crippen molar-refractivity contribution in [3.63, 3.8) is 0 Å². The standard InChI is InChI=1S/C12H10N2O2/c1-8-6-9-7-10(2-3-11(9)16-8)14-12(15)4-5-13/h2-3,6-7H,4H2,1H3,(H,14,15). The van der Waals surface area contributed by atoms with E-state index in [1.165, 1.54) is 0 Å². The van der Waals surface area contributed by atoms with Gasteiger partial charge in [-0.3, -0.25) is 4.79 Å². The normalized spacial score (nSPS) is 10.0. The summed E-state index contributed by atoms with van der Waals surface area (Å²) < 4.78 is 5.41. The van der Waals surface area contributed by atoms with Crippen molar-refractivity contribution in [1.82, 2.24) is 0 Å². The van der Waals surface area contributed by atoms with Gasteiger partial charge in [-0.15, -0.1) is 0 Å². The van der Waals surface area contributed by atoms with Gasteiger partial charge in [0, 0.05) is 11.1 Å². The van der Waals surface area contributed by atoms with Gasteiger partial charge >= 0.3 is 0 Å². The van der Waals surface area contributed by atoms with Gasteiger partial charge in [0.1, 0.15) is 17.8 Å². The molecule has 4 heteroatoms. The molecule has 1 aromatic heterocycles. The molecule has 0 aliphatic rings. The second kappa shape index (κ2) is 4.07. The molecule has 1 N–H and O–H groups in total. The van der Waals surface area contributed by atoms with Crippen LogP contribution in [0.5, 0.6) is 0 Å². The minimum atomic E-state index is -0.304. The maximum absolute atomic E-state index is 11.2. The Morgan fingerprint density at radius 1 is 1.50 bits per heavy atom. The average Bonchev–Trinajstić information content (AvgIpc) is 2.57. The molecule has 1 aromatic carbocycles. The Kier molecular flexibility index (Phi) is 2.61. The number of benzene rings is 1. The molecule has 2 rings (SSSR count). The molecule has 80 valence electrons. The van der Waals surface area contributed by atoms with E-state index in [-0.39, 0.29) is 12.3 Å². The Balaban J connectivity index is 2.26. The molecule has 0 atom stereocenters. The fraction of sp³-hybridized carbons (Fsp3) is 0.167. The molecule has 0 spiro atoms. The lowest BCUT2D eigenvalue weighted by Crippen LogP contribution is -2.09. The summed E-state index contributed by atoms with van der Waals surface area (Å²) in [6.07, 6.45) is -0.136.